The van der Waals surface area contributed by atoms with E-state index >= 15 is 0 Å². The lowest BCUT2D eigenvalue weighted by Gasteiger charge is -2.51. The topological polar surface area (TPSA) is 35.5 Å². The largest absolute Gasteiger partial charge is 0.430 e. The number of rotatable bonds is 1. The molecule has 1 aliphatic heterocycles. The Bertz CT molecular complexity index is 385. The Morgan fingerprint density at radius 3 is 2.56 bits per heavy atom. The van der Waals surface area contributed by atoms with Gasteiger partial charge < -0.3 is 9.47 Å². The predicted octanol–water partition coefficient (Wildman–Crippen LogP) is 3.44. The fourth-order valence-corrected chi connectivity index (χ4v) is 3.57. The molecule has 3 atom stereocenters. The van der Waals surface area contributed by atoms with Gasteiger partial charge in [0.05, 0.1) is 5.60 Å². The van der Waals surface area contributed by atoms with E-state index in [1.807, 2.05) is 13.0 Å². The summed E-state index contributed by atoms with van der Waals surface area (Å²) in [6.45, 7) is 9.95. The molecule has 0 aromatic carbocycles. The van der Waals surface area contributed by atoms with Crippen molar-refractivity contribution in [3.63, 3.8) is 0 Å². The van der Waals surface area contributed by atoms with Crippen molar-refractivity contribution in [2.24, 2.45) is 11.3 Å². The Morgan fingerprint density at radius 1 is 1.33 bits per heavy atom. The van der Waals surface area contributed by atoms with Crippen molar-refractivity contribution < 1.29 is 14.3 Å². The van der Waals surface area contributed by atoms with E-state index in [1.165, 1.54) is 13.3 Å². The van der Waals surface area contributed by atoms with Crippen LogP contribution < -0.4 is 0 Å². The van der Waals surface area contributed by atoms with Gasteiger partial charge in [0, 0.05) is 13.8 Å². The Hall–Kier alpha value is -0.830. The van der Waals surface area contributed by atoms with Crippen molar-refractivity contribution in [3.05, 3.63) is 12.2 Å². The highest BCUT2D eigenvalue weighted by Crippen LogP contribution is 2.54. The Balaban J connectivity index is 2.29. The Kier molecular flexibility index (Phi) is 3.09. The van der Waals surface area contributed by atoms with Crippen LogP contribution in [0, 0.1) is 11.3 Å². The SMILES string of the molecule is CC(=O)OC1(C)C=CC2(O1)C(C)CCCC2(C)C. The average molecular weight is 252 g/mol. The fraction of sp³-hybridized carbons (Fsp3) is 0.800. The van der Waals surface area contributed by atoms with E-state index in [0.29, 0.717) is 5.92 Å². The number of hydrogen-bond acceptors (Lipinski definition) is 3. The van der Waals surface area contributed by atoms with Crippen LogP contribution in [0.1, 0.15) is 53.9 Å². The van der Waals surface area contributed by atoms with E-state index in [4.69, 9.17) is 9.47 Å². The van der Waals surface area contributed by atoms with Gasteiger partial charge in [-0.05, 0) is 36.3 Å². The number of hydrogen-bond donors (Lipinski definition) is 0. The summed E-state index contributed by atoms with van der Waals surface area (Å²) in [5, 5.41) is 0. The monoisotopic (exact) mass is 252 g/mol. The summed E-state index contributed by atoms with van der Waals surface area (Å²) in [6.07, 6.45) is 7.55. The van der Waals surface area contributed by atoms with Gasteiger partial charge in [0.25, 0.3) is 0 Å². The zero-order chi connectivity index (χ0) is 13.6. The number of ether oxygens (including phenoxy) is 2. The molecule has 1 spiro atoms. The summed E-state index contributed by atoms with van der Waals surface area (Å²) in [5.41, 5.74) is -0.242. The predicted molar refractivity (Wildman–Crippen MR) is 69.9 cm³/mol. The third-order valence-electron chi connectivity index (χ3n) is 4.58. The van der Waals surface area contributed by atoms with Crippen LogP contribution in [0.3, 0.4) is 0 Å². The fourth-order valence-electron chi connectivity index (χ4n) is 3.57. The lowest BCUT2D eigenvalue weighted by molar-refractivity contribution is -0.260. The zero-order valence-corrected chi connectivity index (χ0v) is 12.1. The average Bonchev–Trinajstić information content (AvgIpc) is 2.54. The first-order valence-corrected chi connectivity index (χ1v) is 6.81. The second-order valence-electron chi connectivity index (χ2n) is 6.52. The van der Waals surface area contributed by atoms with Crippen LogP contribution in [0.2, 0.25) is 0 Å². The van der Waals surface area contributed by atoms with Crippen LogP contribution in [0.5, 0.6) is 0 Å². The maximum atomic E-state index is 11.2. The van der Waals surface area contributed by atoms with Gasteiger partial charge in [-0.15, -0.1) is 0 Å². The molecular formula is C15H24O3. The standard InChI is InChI=1S/C15H24O3/c1-11-7-6-8-13(3,4)15(11)10-9-14(5,18-15)17-12(2)16/h9-11H,6-8H2,1-5H3. The molecule has 2 rings (SSSR count). The van der Waals surface area contributed by atoms with E-state index in [0.717, 1.165) is 12.8 Å². The van der Waals surface area contributed by atoms with Crippen LogP contribution in [-0.2, 0) is 14.3 Å². The third kappa shape index (κ3) is 1.99. The van der Waals surface area contributed by atoms with Crippen LogP contribution in [0.25, 0.3) is 0 Å². The molecule has 1 saturated carbocycles. The summed E-state index contributed by atoms with van der Waals surface area (Å²) in [7, 11) is 0. The van der Waals surface area contributed by atoms with E-state index in [9.17, 15) is 4.79 Å². The molecule has 0 amide bonds. The molecule has 18 heavy (non-hydrogen) atoms. The maximum absolute atomic E-state index is 11.2. The first-order chi connectivity index (χ1) is 8.21. The Labute approximate surface area is 110 Å². The highest BCUT2D eigenvalue weighted by Gasteiger charge is 2.57. The summed E-state index contributed by atoms with van der Waals surface area (Å²) in [5.74, 6) is -0.773. The van der Waals surface area contributed by atoms with E-state index in [1.54, 1.807) is 0 Å². The number of carbonyl (C=O) groups excluding carboxylic acids is 1. The van der Waals surface area contributed by atoms with Gasteiger partial charge in [-0.25, -0.2) is 0 Å². The highest BCUT2D eigenvalue weighted by atomic mass is 16.7. The molecule has 0 saturated heterocycles. The third-order valence-corrected chi connectivity index (χ3v) is 4.58. The molecule has 0 aromatic rings. The van der Waals surface area contributed by atoms with Crippen LogP contribution in [-0.4, -0.2) is 17.4 Å². The second kappa shape index (κ2) is 4.09. The van der Waals surface area contributed by atoms with Gasteiger partial charge in [-0.2, -0.15) is 0 Å². The molecule has 0 N–H and O–H groups in total. The van der Waals surface area contributed by atoms with Crippen molar-refractivity contribution >= 4 is 5.97 Å². The summed E-state index contributed by atoms with van der Waals surface area (Å²) < 4.78 is 11.6. The van der Waals surface area contributed by atoms with Crippen molar-refractivity contribution in [1.82, 2.24) is 0 Å². The smallest absolute Gasteiger partial charge is 0.305 e. The molecular weight excluding hydrogens is 228 g/mol. The minimum absolute atomic E-state index is 0.0685. The minimum Gasteiger partial charge on any atom is -0.430 e. The van der Waals surface area contributed by atoms with Gasteiger partial charge in [0.15, 0.2) is 0 Å². The molecule has 3 heteroatoms. The highest BCUT2D eigenvalue weighted by molar-refractivity contribution is 5.66. The zero-order valence-electron chi connectivity index (χ0n) is 12.1. The van der Waals surface area contributed by atoms with Crippen molar-refractivity contribution in [2.45, 2.75) is 65.3 Å². The van der Waals surface area contributed by atoms with Gasteiger partial charge in [0.1, 0.15) is 0 Å². The Morgan fingerprint density at radius 2 is 2.00 bits per heavy atom. The van der Waals surface area contributed by atoms with Crippen molar-refractivity contribution in [3.8, 4) is 0 Å². The van der Waals surface area contributed by atoms with Crippen LogP contribution >= 0.6 is 0 Å². The molecule has 0 bridgehead atoms. The van der Waals surface area contributed by atoms with Crippen LogP contribution in [0.15, 0.2) is 12.2 Å². The molecule has 1 fully saturated rings. The first-order valence-electron chi connectivity index (χ1n) is 6.81. The van der Waals surface area contributed by atoms with Crippen molar-refractivity contribution in [2.75, 3.05) is 0 Å². The normalized spacial score (nSPS) is 42.2. The molecule has 0 radical (unpaired) electrons. The lowest BCUT2D eigenvalue weighted by atomic mass is 9.61. The summed E-state index contributed by atoms with van der Waals surface area (Å²) >= 11 is 0. The summed E-state index contributed by atoms with van der Waals surface area (Å²) in [6, 6.07) is 0. The molecule has 0 aromatic heterocycles. The van der Waals surface area contributed by atoms with Crippen molar-refractivity contribution in [1.29, 1.82) is 0 Å². The molecule has 102 valence electrons. The number of carbonyl (C=O) groups is 1. The minimum atomic E-state index is -0.908. The van der Waals surface area contributed by atoms with Crippen LogP contribution in [0.4, 0.5) is 0 Å². The quantitative estimate of drug-likeness (QED) is 0.530. The summed E-state index contributed by atoms with van der Waals surface area (Å²) in [4.78, 5) is 11.2. The molecule has 2 aliphatic rings. The molecule has 3 unspecified atom stereocenters. The van der Waals surface area contributed by atoms with E-state index in [2.05, 4.69) is 26.8 Å². The van der Waals surface area contributed by atoms with E-state index < -0.39 is 5.79 Å². The van der Waals surface area contributed by atoms with Gasteiger partial charge in [-0.3, -0.25) is 4.79 Å². The maximum Gasteiger partial charge on any atom is 0.305 e. The van der Waals surface area contributed by atoms with E-state index in [-0.39, 0.29) is 17.0 Å². The first kappa shape index (κ1) is 13.6. The molecule has 1 heterocycles. The van der Waals surface area contributed by atoms with Gasteiger partial charge in [0.2, 0.25) is 5.79 Å². The van der Waals surface area contributed by atoms with Gasteiger partial charge >= 0.3 is 5.97 Å². The number of esters is 1. The van der Waals surface area contributed by atoms with Gasteiger partial charge in [-0.1, -0.05) is 27.2 Å². The molecule has 1 aliphatic carbocycles. The second-order valence-corrected chi connectivity index (χ2v) is 6.52. The molecule has 3 nitrogen and oxygen atoms in total. The lowest BCUT2D eigenvalue weighted by Crippen LogP contribution is -2.54.